The lowest BCUT2D eigenvalue weighted by Crippen LogP contribution is -2.46. The summed E-state index contributed by atoms with van der Waals surface area (Å²) < 4.78 is 0. The molecule has 2 fully saturated rings. The third-order valence-corrected chi connectivity index (χ3v) is 5.28. The largest absolute Gasteiger partial charge is 0.301 e. The van der Waals surface area contributed by atoms with Crippen molar-refractivity contribution < 1.29 is 0 Å². The van der Waals surface area contributed by atoms with Gasteiger partial charge in [-0.3, -0.25) is 4.90 Å². The summed E-state index contributed by atoms with van der Waals surface area (Å²) in [7, 11) is 0. The molecule has 2 rings (SSSR count). The smallest absolute Gasteiger partial charge is 0.0125 e. The van der Waals surface area contributed by atoms with Crippen molar-refractivity contribution in [1.29, 1.82) is 0 Å². The van der Waals surface area contributed by atoms with Gasteiger partial charge in [-0.05, 0) is 91.8 Å². The van der Waals surface area contributed by atoms with Crippen LogP contribution in [0.2, 0.25) is 0 Å². The van der Waals surface area contributed by atoms with Crippen LogP contribution in [0.4, 0.5) is 0 Å². The second-order valence-corrected chi connectivity index (χ2v) is 8.08. The van der Waals surface area contributed by atoms with E-state index in [2.05, 4.69) is 44.4 Å². The zero-order valence-corrected chi connectivity index (χ0v) is 13.8. The Kier molecular flexibility index (Phi) is 4.94. The van der Waals surface area contributed by atoms with Crippen LogP contribution in [0, 0.1) is 11.8 Å². The number of nitrogens with zero attached hydrogens (tertiary/aromatic N) is 2. The molecule has 2 aliphatic heterocycles. The molecule has 0 aromatic rings. The fourth-order valence-electron chi connectivity index (χ4n) is 3.83. The third kappa shape index (κ3) is 4.19. The minimum atomic E-state index is 0.368. The maximum Gasteiger partial charge on any atom is 0.0125 e. The molecule has 0 unspecified atom stereocenters. The predicted octanol–water partition coefficient (Wildman–Crippen LogP) is 3.62. The van der Waals surface area contributed by atoms with Crippen molar-refractivity contribution >= 4 is 0 Å². The van der Waals surface area contributed by atoms with E-state index < -0.39 is 0 Å². The number of likely N-dealkylation sites (tertiary alicyclic amines) is 2. The van der Waals surface area contributed by atoms with Crippen molar-refractivity contribution in [2.75, 3.05) is 26.2 Å². The van der Waals surface area contributed by atoms with Gasteiger partial charge in [0.1, 0.15) is 0 Å². The molecule has 1 atom stereocenters. The van der Waals surface area contributed by atoms with Gasteiger partial charge < -0.3 is 4.90 Å². The van der Waals surface area contributed by atoms with Crippen molar-refractivity contribution in [3.8, 4) is 0 Å². The molecule has 2 heterocycles. The first-order chi connectivity index (χ1) is 8.86. The van der Waals surface area contributed by atoms with Crippen LogP contribution in [-0.2, 0) is 0 Å². The lowest BCUT2D eigenvalue weighted by Gasteiger charge is -2.41. The number of rotatable bonds is 3. The van der Waals surface area contributed by atoms with E-state index in [1.165, 1.54) is 51.9 Å². The fraction of sp³-hybridized carbons (Fsp3) is 1.00. The Morgan fingerprint density at radius 2 is 1.53 bits per heavy atom. The van der Waals surface area contributed by atoms with E-state index in [1.54, 1.807) is 0 Å². The quantitative estimate of drug-likeness (QED) is 0.770. The number of hydrogen-bond donors (Lipinski definition) is 0. The monoisotopic (exact) mass is 266 g/mol. The van der Waals surface area contributed by atoms with Crippen LogP contribution in [-0.4, -0.2) is 47.6 Å². The van der Waals surface area contributed by atoms with E-state index in [9.17, 15) is 0 Å². The topological polar surface area (TPSA) is 6.48 Å². The highest BCUT2D eigenvalue weighted by Gasteiger charge is 2.30. The van der Waals surface area contributed by atoms with Crippen molar-refractivity contribution in [3.63, 3.8) is 0 Å². The van der Waals surface area contributed by atoms with Crippen LogP contribution in [0.1, 0.15) is 60.3 Å². The third-order valence-electron chi connectivity index (χ3n) is 5.28. The lowest BCUT2D eigenvalue weighted by molar-refractivity contribution is 0.0807. The van der Waals surface area contributed by atoms with Gasteiger partial charge in [0.05, 0.1) is 0 Å². The molecule has 19 heavy (non-hydrogen) atoms. The average Bonchev–Trinajstić information content (AvgIpc) is 2.77. The zero-order chi connectivity index (χ0) is 14.0. The van der Waals surface area contributed by atoms with Gasteiger partial charge in [-0.2, -0.15) is 0 Å². The summed E-state index contributed by atoms with van der Waals surface area (Å²) in [6.07, 6.45) is 5.78. The maximum absolute atomic E-state index is 2.67. The van der Waals surface area contributed by atoms with Gasteiger partial charge >= 0.3 is 0 Å². The van der Waals surface area contributed by atoms with Crippen LogP contribution in [0.25, 0.3) is 0 Å². The summed E-state index contributed by atoms with van der Waals surface area (Å²) in [5, 5.41) is 0. The highest BCUT2D eigenvalue weighted by atomic mass is 15.2. The van der Waals surface area contributed by atoms with Crippen molar-refractivity contribution in [2.45, 2.75) is 71.9 Å². The second-order valence-electron chi connectivity index (χ2n) is 8.08. The average molecular weight is 266 g/mol. The Morgan fingerprint density at radius 3 is 2.00 bits per heavy atom. The Bertz CT molecular complexity index is 271. The maximum atomic E-state index is 2.67. The minimum absolute atomic E-state index is 0.368. The van der Waals surface area contributed by atoms with Gasteiger partial charge in [0.2, 0.25) is 0 Å². The summed E-state index contributed by atoms with van der Waals surface area (Å²) in [5.41, 5.74) is 0.368. The summed E-state index contributed by atoms with van der Waals surface area (Å²) >= 11 is 0. The van der Waals surface area contributed by atoms with Gasteiger partial charge in [0.25, 0.3) is 0 Å². The first-order valence-corrected chi connectivity index (χ1v) is 8.35. The Labute approximate surface area is 120 Å². The minimum Gasteiger partial charge on any atom is -0.301 e. The Hall–Kier alpha value is -0.0800. The van der Waals surface area contributed by atoms with E-state index in [1.807, 2.05) is 0 Å². The van der Waals surface area contributed by atoms with E-state index in [-0.39, 0.29) is 0 Å². The van der Waals surface area contributed by atoms with Gasteiger partial charge in [0.15, 0.2) is 0 Å². The molecule has 0 amide bonds. The molecular weight excluding hydrogens is 232 g/mol. The van der Waals surface area contributed by atoms with Gasteiger partial charge in [0, 0.05) is 18.1 Å². The van der Waals surface area contributed by atoms with Crippen molar-refractivity contribution in [2.24, 2.45) is 11.8 Å². The molecule has 2 aliphatic rings. The van der Waals surface area contributed by atoms with E-state index in [4.69, 9.17) is 0 Å². The molecule has 0 radical (unpaired) electrons. The molecule has 0 spiro atoms. The van der Waals surface area contributed by atoms with Crippen molar-refractivity contribution in [3.05, 3.63) is 0 Å². The summed E-state index contributed by atoms with van der Waals surface area (Å²) in [6, 6.07) is 0.743. The zero-order valence-electron chi connectivity index (χ0n) is 13.8. The molecule has 2 heteroatoms. The number of piperidine rings is 1. The van der Waals surface area contributed by atoms with Crippen molar-refractivity contribution in [1.82, 2.24) is 9.80 Å². The molecule has 0 aromatic heterocycles. The molecule has 0 bridgehead atoms. The Balaban J connectivity index is 1.72. The fourth-order valence-corrected chi connectivity index (χ4v) is 3.83. The van der Waals surface area contributed by atoms with E-state index in [0.29, 0.717) is 5.54 Å². The summed E-state index contributed by atoms with van der Waals surface area (Å²) in [5.74, 6) is 1.98. The molecule has 0 N–H and O–H groups in total. The van der Waals surface area contributed by atoms with Gasteiger partial charge in [-0.15, -0.1) is 0 Å². The molecule has 0 aliphatic carbocycles. The SMILES string of the molecule is CC(C)N1CC[C@@H](CC2CCN(C(C)(C)C)CC2)C1. The van der Waals surface area contributed by atoms with E-state index >= 15 is 0 Å². The standard InChI is InChI=1S/C17H34N2/c1-14(2)18-9-6-16(13-18)12-15-7-10-19(11-8-15)17(3,4)5/h14-16H,6-13H2,1-5H3/t16-/m0/s1. The Morgan fingerprint density at radius 1 is 0.947 bits per heavy atom. The normalized spacial score (nSPS) is 28.4. The van der Waals surface area contributed by atoms with Crippen LogP contribution in [0.15, 0.2) is 0 Å². The molecule has 2 saturated heterocycles. The molecule has 0 saturated carbocycles. The summed E-state index contributed by atoms with van der Waals surface area (Å²) in [4.78, 5) is 5.33. The highest BCUT2D eigenvalue weighted by molar-refractivity contribution is 4.85. The lowest BCUT2D eigenvalue weighted by atomic mass is 9.85. The second kappa shape index (κ2) is 6.13. The molecular formula is C17H34N2. The molecule has 0 aromatic carbocycles. The van der Waals surface area contributed by atoms with Crippen LogP contribution < -0.4 is 0 Å². The van der Waals surface area contributed by atoms with Gasteiger partial charge in [-0.1, -0.05) is 0 Å². The molecule has 2 nitrogen and oxygen atoms in total. The predicted molar refractivity (Wildman–Crippen MR) is 83.5 cm³/mol. The highest BCUT2D eigenvalue weighted by Crippen LogP contribution is 2.31. The first kappa shape index (κ1) is 15.3. The molecule has 112 valence electrons. The van der Waals surface area contributed by atoms with Gasteiger partial charge in [-0.25, -0.2) is 0 Å². The van der Waals surface area contributed by atoms with Crippen LogP contribution in [0.3, 0.4) is 0 Å². The van der Waals surface area contributed by atoms with Crippen LogP contribution >= 0.6 is 0 Å². The van der Waals surface area contributed by atoms with E-state index in [0.717, 1.165) is 17.9 Å². The summed E-state index contributed by atoms with van der Waals surface area (Å²) in [6.45, 7) is 17.1. The first-order valence-electron chi connectivity index (χ1n) is 8.35. The number of hydrogen-bond acceptors (Lipinski definition) is 2. The van der Waals surface area contributed by atoms with Crippen LogP contribution in [0.5, 0.6) is 0 Å².